The topological polar surface area (TPSA) is 92.5 Å². The molecule has 2 heterocycles. The predicted molar refractivity (Wildman–Crippen MR) is 79.8 cm³/mol. The van der Waals surface area contributed by atoms with E-state index in [0.29, 0.717) is 9.87 Å². The van der Waals surface area contributed by atoms with Crippen molar-refractivity contribution in [2.24, 2.45) is 7.05 Å². The summed E-state index contributed by atoms with van der Waals surface area (Å²) in [7, 11) is -3.46. The monoisotopic (exact) mass is 375 g/mol. The van der Waals surface area contributed by atoms with Crippen LogP contribution in [0.15, 0.2) is 29.3 Å². The fourth-order valence-electron chi connectivity index (χ4n) is 2.80. The molecule has 0 fully saturated rings. The molecule has 1 aromatic carbocycles. The Labute approximate surface area is 140 Å². The summed E-state index contributed by atoms with van der Waals surface area (Å²) in [6, 6.07) is 4.22. The van der Waals surface area contributed by atoms with Crippen molar-refractivity contribution in [3.63, 3.8) is 0 Å². The maximum Gasteiger partial charge on any atom is 0.436 e. The molecule has 11 heteroatoms. The van der Waals surface area contributed by atoms with E-state index in [4.69, 9.17) is 0 Å². The summed E-state index contributed by atoms with van der Waals surface area (Å²) in [5.41, 5.74) is -1.47. The summed E-state index contributed by atoms with van der Waals surface area (Å²) in [6.07, 6.45) is -3.99. The third kappa shape index (κ3) is 2.73. The Kier molecular flexibility index (Phi) is 3.78. The van der Waals surface area contributed by atoms with E-state index < -0.39 is 32.8 Å². The molecule has 0 saturated carbocycles. The second kappa shape index (κ2) is 5.48. The van der Waals surface area contributed by atoms with E-state index in [-0.39, 0.29) is 24.2 Å². The molecule has 3 rings (SSSR count). The van der Waals surface area contributed by atoms with Gasteiger partial charge in [0, 0.05) is 19.8 Å². The van der Waals surface area contributed by atoms with Crippen molar-refractivity contribution < 1.29 is 31.5 Å². The summed E-state index contributed by atoms with van der Waals surface area (Å²) in [5, 5.41) is 12.5. The third-order valence-electron chi connectivity index (χ3n) is 3.82. The zero-order valence-electron chi connectivity index (χ0n) is 12.8. The number of hydrogen-bond acceptors (Lipinski definition) is 4. The van der Waals surface area contributed by atoms with E-state index in [9.17, 15) is 31.5 Å². The highest BCUT2D eigenvalue weighted by Crippen LogP contribution is 2.39. The van der Waals surface area contributed by atoms with Crippen molar-refractivity contribution in [2.45, 2.75) is 17.5 Å². The third-order valence-corrected chi connectivity index (χ3v) is 5.62. The van der Waals surface area contributed by atoms with Crippen LogP contribution in [0, 0.1) is 0 Å². The zero-order chi connectivity index (χ0) is 18.6. The average Bonchev–Trinajstić information content (AvgIpc) is 3.10. The quantitative estimate of drug-likeness (QED) is 0.884. The van der Waals surface area contributed by atoms with Crippen LogP contribution in [-0.2, 0) is 29.7 Å². The summed E-state index contributed by atoms with van der Waals surface area (Å²) in [6.45, 7) is -0.145. The van der Waals surface area contributed by atoms with Gasteiger partial charge in [0.05, 0.1) is 11.3 Å². The van der Waals surface area contributed by atoms with Crippen molar-refractivity contribution in [1.29, 1.82) is 0 Å². The molecule has 1 aromatic heterocycles. The van der Waals surface area contributed by atoms with Gasteiger partial charge in [0.2, 0.25) is 0 Å². The van der Waals surface area contributed by atoms with Crippen LogP contribution in [0.5, 0.6) is 0 Å². The van der Waals surface area contributed by atoms with Gasteiger partial charge in [0.15, 0.2) is 5.69 Å². The second-order valence-electron chi connectivity index (χ2n) is 5.46. The first-order valence-electron chi connectivity index (χ1n) is 7.02. The number of aryl methyl sites for hydroxylation is 1. The van der Waals surface area contributed by atoms with E-state index in [0.717, 1.165) is 10.9 Å². The van der Waals surface area contributed by atoms with Crippen LogP contribution in [0.3, 0.4) is 0 Å². The molecule has 0 amide bonds. The molecule has 0 bridgehead atoms. The zero-order valence-corrected chi connectivity index (χ0v) is 13.6. The van der Waals surface area contributed by atoms with E-state index in [1.807, 2.05) is 0 Å². The number of anilines is 1. The van der Waals surface area contributed by atoms with E-state index in [1.165, 1.54) is 19.2 Å². The predicted octanol–water partition coefficient (Wildman–Crippen LogP) is 1.89. The van der Waals surface area contributed by atoms with Crippen LogP contribution in [0.1, 0.15) is 21.6 Å². The Morgan fingerprint density at radius 1 is 1.32 bits per heavy atom. The minimum absolute atomic E-state index is 0.105. The van der Waals surface area contributed by atoms with Gasteiger partial charge in [-0.25, -0.2) is 13.2 Å². The number of carbonyl (C=O) groups is 1. The van der Waals surface area contributed by atoms with Crippen molar-refractivity contribution in [3.8, 4) is 0 Å². The van der Waals surface area contributed by atoms with Crippen LogP contribution < -0.4 is 4.31 Å². The Morgan fingerprint density at radius 2 is 2.00 bits per heavy atom. The molecule has 0 radical (unpaired) electrons. The number of alkyl halides is 3. The SMILES string of the molecule is Cn1cc(S(=O)(=O)N2CCc3cccc(C(=O)O)c32)c(C(F)(F)F)n1. The fourth-order valence-corrected chi connectivity index (χ4v) is 4.52. The van der Waals surface area contributed by atoms with Gasteiger partial charge >= 0.3 is 12.1 Å². The molecular formula is C14H12F3N3O4S. The highest BCUT2D eigenvalue weighted by atomic mass is 32.2. The molecular weight excluding hydrogens is 363 g/mol. The molecule has 1 N–H and O–H groups in total. The Morgan fingerprint density at radius 3 is 2.60 bits per heavy atom. The second-order valence-corrected chi connectivity index (χ2v) is 7.29. The molecule has 134 valence electrons. The van der Waals surface area contributed by atoms with Gasteiger partial charge in [-0.15, -0.1) is 0 Å². The van der Waals surface area contributed by atoms with Crippen molar-refractivity contribution in [2.75, 3.05) is 10.8 Å². The molecule has 0 saturated heterocycles. The Bertz CT molecular complexity index is 966. The highest BCUT2D eigenvalue weighted by molar-refractivity contribution is 7.93. The molecule has 25 heavy (non-hydrogen) atoms. The molecule has 1 aliphatic rings. The van der Waals surface area contributed by atoms with Crippen molar-refractivity contribution >= 4 is 21.7 Å². The van der Waals surface area contributed by atoms with Gasteiger partial charge in [0.25, 0.3) is 10.0 Å². The molecule has 1 aliphatic heterocycles. The number of carboxylic acids is 1. The number of carboxylic acid groups (broad SMARTS) is 1. The summed E-state index contributed by atoms with van der Waals surface area (Å²) in [5.74, 6) is -1.36. The van der Waals surface area contributed by atoms with E-state index in [2.05, 4.69) is 5.10 Å². The largest absolute Gasteiger partial charge is 0.478 e. The van der Waals surface area contributed by atoms with Crippen molar-refractivity contribution in [3.05, 3.63) is 41.2 Å². The Hall–Kier alpha value is -2.56. The molecule has 0 spiro atoms. The Balaban J connectivity index is 2.20. The summed E-state index contributed by atoms with van der Waals surface area (Å²) in [4.78, 5) is 10.4. The van der Waals surface area contributed by atoms with Crippen LogP contribution in [0.2, 0.25) is 0 Å². The number of halogens is 3. The normalized spacial score (nSPS) is 14.6. The number of para-hydroxylation sites is 1. The first kappa shape index (κ1) is 17.3. The smallest absolute Gasteiger partial charge is 0.436 e. The van der Waals surface area contributed by atoms with E-state index >= 15 is 0 Å². The van der Waals surface area contributed by atoms with Crippen LogP contribution in [0.25, 0.3) is 0 Å². The number of nitrogens with zero attached hydrogens (tertiary/aromatic N) is 3. The number of aromatic nitrogens is 2. The number of rotatable bonds is 3. The van der Waals surface area contributed by atoms with E-state index in [1.54, 1.807) is 6.07 Å². The molecule has 7 nitrogen and oxygen atoms in total. The lowest BCUT2D eigenvalue weighted by Gasteiger charge is -2.21. The number of hydrogen-bond donors (Lipinski definition) is 1. The maximum absolute atomic E-state index is 13.1. The number of fused-ring (bicyclic) bond motifs is 1. The standard InChI is InChI=1S/C14H12F3N3O4S/c1-19-7-10(12(18-19)14(15,16)17)25(23,24)20-6-5-8-3-2-4-9(11(8)20)13(21)22/h2-4,7H,5-6H2,1H3,(H,21,22). The first-order chi connectivity index (χ1) is 11.5. The van der Waals surface area contributed by atoms with Crippen LogP contribution in [-0.4, -0.2) is 35.8 Å². The number of sulfonamides is 1. The van der Waals surface area contributed by atoms with Gasteiger partial charge in [-0.3, -0.25) is 8.99 Å². The minimum Gasteiger partial charge on any atom is -0.478 e. The lowest BCUT2D eigenvalue weighted by atomic mass is 10.1. The van der Waals surface area contributed by atoms with Gasteiger partial charge < -0.3 is 5.11 Å². The summed E-state index contributed by atoms with van der Waals surface area (Å²) < 4.78 is 66.5. The molecule has 0 aliphatic carbocycles. The number of benzene rings is 1. The van der Waals surface area contributed by atoms with Crippen molar-refractivity contribution in [1.82, 2.24) is 9.78 Å². The molecule has 2 aromatic rings. The lowest BCUT2D eigenvalue weighted by molar-refractivity contribution is -0.143. The van der Waals surface area contributed by atoms with Gasteiger partial charge in [-0.05, 0) is 18.1 Å². The number of aromatic carboxylic acids is 1. The van der Waals surface area contributed by atoms with Gasteiger partial charge in [-0.2, -0.15) is 18.3 Å². The van der Waals surface area contributed by atoms with Crippen LogP contribution >= 0.6 is 0 Å². The molecule has 0 atom stereocenters. The van der Waals surface area contributed by atoms with Crippen LogP contribution in [0.4, 0.5) is 18.9 Å². The lowest BCUT2D eigenvalue weighted by Crippen LogP contribution is -2.31. The maximum atomic E-state index is 13.1. The van der Waals surface area contributed by atoms with Gasteiger partial charge in [0.1, 0.15) is 4.90 Å². The minimum atomic E-state index is -4.96. The highest BCUT2D eigenvalue weighted by Gasteiger charge is 2.44. The van der Waals surface area contributed by atoms with Gasteiger partial charge in [-0.1, -0.05) is 12.1 Å². The fraction of sp³-hybridized carbons (Fsp3) is 0.286. The molecule has 0 unspecified atom stereocenters. The first-order valence-corrected chi connectivity index (χ1v) is 8.46. The average molecular weight is 375 g/mol. The summed E-state index contributed by atoms with van der Waals surface area (Å²) >= 11 is 0.